The van der Waals surface area contributed by atoms with E-state index >= 15 is 0 Å². The molecule has 16 heavy (non-hydrogen) atoms. The summed E-state index contributed by atoms with van der Waals surface area (Å²) in [5, 5.41) is 3.13. The van der Waals surface area contributed by atoms with Crippen LogP contribution in [0.25, 0.3) is 0 Å². The Bertz CT molecular complexity index is 376. The largest absolute Gasteiger partial charge is 0.317 e. The van der Waals surface area contributed by atoms with Crippen molar-refractivity contribution in [3.8, 4) is 0 Å². The molecule has 1 heterocycles. The van der Waals surface area contributed by atoms with Gasteiger partial charge < -0.3 is 5.32 Å². The average Bonchev–Trinajstić information content (AvgIpc) is 2.21. The molecule has 1 aliphatic rings. The van der Waals surface area contributed by atoms with Crippen molar-refractivity contribution in [2.75, 3.05) is 19.6 Å². The summed E-state index contributed by atoms with van der Waals surface area (Å²) < 4.78 is 23.3. The molecule has 1 saturated heterocycles. The normalized spacial score (nSPS) is 24.0. The Hall–Kier alpha value is -0.620. The van der Waals surface area contributed by atoms with Gasteiger partial charge in [-0.25, -0.2) is 12.7 Å². The van der Waals surface area contributed by atoms with Crippen LogP contribution in [0.15, 0.2) is 0 Å². The van der Waals surface area contributed by atoms with Crippen LogP contribution in [0.2, 0.25) is 0 Å². The van der Waals surface area contributed by atoms with Crippen LogP contribution in [0, 0.1) is 5.92 Å². The van der Waals surface area contributed by atoms with E-state index < -0.39 is 14.8 Å². The van der Waals surface area contributed by atoms with E-state index in [-0.39, 0.29) is 18.4 Å². The zero-order valence-electron chi connectivity index (χ0n) is 10.3. The summed E-state index contributed by atoms with van der Waals surface area (Å²) in [5.41, 5.74) is 0. The average molecular weight is 248 g/mol. The second-order valence-electron chi connectivity index (χ2n) is 4.76. The van der Waals surface area contributed by atoms with Crippen LogP contribution >= 0.6 is 0 Å². The van der Waals surface area contributed by atoms with Crippen LogP contribution in [0.4, 0.5) is 0 Å². The quantitative estimate of drug-likeness (QED) is 0.754. The van der Waals surface area contributed by atoms with Crippen LogP contribution in [0.3, 0.4) is 0 Å². The molecule has 0 aromatic heterocycles. The van der Waals surface area contributed by atoms with E-state index in [0.717, 1.165) is 17.4 Å². The SMILES string of the molecule is CCNCC(C)CN1C(=O)C(C)(C)S1(=O)=O. The predicted octanol–water partition coefficient (Wildman–Crippen LogP) is 0.183. The van der Waals surface area contributed by atoms with Crippen molar-refractivity contribution in [3.63, 3.8) is 0 Å². The maximum atomic E-state index is 11.8. The monoisotopic (exact) mass is 248 g/mol. The van der Waals surface area contributed by atoms with E-state index in [2.05, 4.69) is 5.32 Å². The Balaban J connectivity index is 2.61. The molecule has 0 bridgehead atoms. The van der Waals surface area contributed by atoms with Crippen molar-refractivity contribution in [2.45, 2.75) is 32.4 Å². The van der Waals surface area contributed by atoms with Gasteiger partial charge >= 0.3 is 0 Å². The standard InChI is InChI=1S/C10H20N2O3S/c1-5-11-6-8(2)7-12-9(13)10(3,4)16(12,14)15/h8,11H,5-7H2,1-4H3. The summed E-state index contributed by atoms with van der Waals surface area (Å²) in [6.45, 7) is 8.66. The lowest BCUT2D eigenvalue weighted by Gasteiger charge is -2.44. The third kappa shape index (κ3) is 1.96. The topological polar surface area (TPSA) is 66.5 Å². The van der Waals surface area contributed by atoms with Crippen LogP contribution in [0.5, 0.6) is 0 Å². The Morgan fingerprint density at radius 1 is 1.44 bits per heavy atom. The van der Waals surface area contributed by atoms with Crippen molar-refractivity contribution in [1.29, 1.82) is 0 Å². The maximum absolute atomic E-state index is 11.8. The fraction of sp³-hybridized carbons (Fsp3) is 0.900. The second kappa shape index (κ2) is 4.33. The lowest BCUT2D eigenvalue weighted by atomic mass is 10.1. The summed E-state index contributed by atoms with van der Waals surface area (Å²) >= 11 is 0. The van der Waals surface area contributed by atoms with Gasteiger partial charge in [0, 0.05) is 6.54 Å². The fourth-order valence-corrected chi connectivity index (χ4v) is 3.32. The van der Waals surface area contributed by atoms with Gasteiger partial charge in [0.2, 0.25) is 0 Å². The van der Waals surface area contributed by atoms with Gasteiger partial charge in [-0.15, -0.1) is 0 Å². The van der Waals surface area contributed by atoms with Crippen molar-refractivity contribution in [3.05, 3.63) is 0 Å². The molecule has 0 aromatic rings. The van der Waals surface area contributed by atoms with Crippen LogP contribution in [-0.4, -0.2) is 43.0 Å². The van der Waals surface area contributed by atoms with Gasteiger partial charge in [-0.05, 0) is 32.9 Å². The van der Waals surface area contributed by atoms with Crippen LogP contribution < -0.4 is 5.32 Å². The van der Waals surface area contributed by atoms with Gasteiger partial charge in [-0.1, -0.05) is 13.8 Å². The summed E-state index contributed by atoms with van der Waals surface area (Å²) in [7, 11) is -3.41. The molecule has 5 nitrogen and oxygen atoms in total. The Kier molecular flexibility index (Phi) is 3.64. The van der Waals surface area contributed by atoms with E-state index in [9.17, 15) is 13.2 Å². The molecule has 1 atom stereocenters. The minimum atomic E-state index is -3.41. The highest BCUT2D eigenvalue weighted by Gasteiger charge is 2.59. The molecule has 1 N–H and O–H groups in total. The van der Waals surface area contributed by atoms with Crippen molar-refractivity contribution in [2.24, 2.45) is 5.92 Å². The first-order valence-electron chi connectivity index (χ1n) is 5.52. The molecular formula is C10H20N2O3S. The highest BCUT2D eigenvalue weighted by molar-refractivity contribution is 7.94. The van der Waals surface area contributed by atoms with Crippen molar-refractivity contribution >= 4 is 15.9 Å². The molecule has 0 radical (unpaired) electrons. The molecule has 6 heteroatoms. The van der Waals surface area contributed by atoms with E-state index in [0.29, 0.717) is 0 Å². The molecule has 1 unspecified atom stereocenters. The summed E-state index contributed by atoms with van der Waals surface area (Å²) in [4.78, 5) is 11.6. The zero-order chi connectivity index (χ0) is 12.6. The Morgan fingerprint density at radius 3 is 2.44 bits per heavy atom. The van der Waals surface area contributed by atoms with E-state index in [1.807, 2.05) is 13.8 Å². The first-order chi connectivity index (χ1) is 7.25. The van der Waals surface area contributed by atoms with E-state index in [4.69, 9.17) is 0 Å². The molecule has 0 aromatic carbocycles. The minimum Gasteiger partial charge on any atom is -0.317 e. The lowest BCUT2D eigenvalue weighted by molar-refractivity contribution is -0.132. The number of hydrogen-bond acceptors (Lipinski definition) is 4. The molecule has 1 aliphatic heterocycles. The highest BCUT2D eigenvalue weighted by Crippen LogP contribution is 2.35. The molecular weight excluding hydrogens is 228 g/mol. The zero-order valence-corrected chi connectivity index (χ0v) is 11.1. The summed E-state index contributed by atoms with van der Waals surface area (Å²) in [5.74, 6) is -0.161. The number of nitrogens with zero attached hydrogens (tertiary/aromatic N) is 1. The molecule has 1 fully saturated rings. The number of sulfonamides is 1. The first-order valence-corrected chi connectivity index (χ1v) is 6.96. The molecule has 0 spiro atoms. The van der Waals surface area contributed by atoms with E-state index in [1.165, 1.54) is 13.8 Å². The van der Waals surface area contributed by atoms with Gasteiger partial charge in [-0.2, -0.15) is 0 Å². The third-order valence-corrected chi connectivity index (χ3v) is 5.26. The Morgan fingerprint density at radius 2 is 2.00 bits per heavy atom. The number of hydrogen-bond donors (Lipinski definition) is 1. The van der Waals surface area contributed by atoms with Crippen molar-refractivity contribution in [1.82, 2.24) is 9.62 Å². The van der Waals surface area contributed by atoms with Crippen LogP contribution in [0.1, 0.15) is 27.7 Å². The number of nitrogens with one attached hydrogen (secondary N) is 1. The first kappa shape index (κ1) is 13.4. The van der Waals surface area contributed by atoms with E-state index in [1.54, 1.807) is 0 Å². The van der Waals surface area contributed by atoms with Gasteiger partial charge in [0.15, 0.2) is 4.75 Å². The molecule has 94 valence electrons. The van der Waals surface area contributed by atoms with Crippen LogP contribution in [-0.2, 0) is 14.8 Å². The number of rotatable bonds is 5. The Labute approximate surface area is 97.2 Å². The van der Waals surface area contributed by atoms with Gasteiger partial charge in [0.1, 0.15) is 0 Å². The molecule has 1 amide bonds. The fourth-order valence-electron chi connectivity index (χ4n) is 1.68. The number of carbonyl (C=O) groups is 1. The third-order valence-electron chi connectivity index (χ3n) is 2.90. The number of carbonyl (C=O) groups excluding carboxylic acids is 1. The summed E-state index contributed by atoms with van der Waals surface area (Å²) in [6.07, 6.45) is 0. The predicted molar refractivity (Wildman–Crippen MR) is 62.4 cm³/mol. The highest BCUT2D eigenvalue weighted by atomic mass is 32.2. The smallest absolute Gasteiger partial charge is 0.258 e. The maximum Gasteiger partial charge on any atom is 0.258 e. The molecule has 0 aliphatic carbocycles. The molecule has 0 saturated carbocycles. The minimum absolute atomic E-state index is 0.134. The van der Waals surface area contributed by atoms with Gasteiger partial charge in [0.25, 0.3) is 15.9 Å². The van der Waals surface area contributed by atoms with Gasteiger partial charge in [-0.3, -0.25) is 4.79 Å². The summed E-state index contributed by atoms with van der Waals surface area (Å²) in [6, 6.07) is 0. The lowest BCUT2D eigenvalue weighted by Crippen LogP contribution is -2.68. The molecule has 1 rings (SSSR count). The van der Waals surface area contributed by atoms with Crippen molar-refractivity contribution < 1.29 is 13.2 Å². The number of amides is 1. The van der Waals surface area contributed by atoms with Gasteiger partial charge in [0.05, 0.1) is 0 Å². The second-order valence-corrected chi connectivity index (χ2v) is 7.18.